The molecule has 430 valence electrons. The molecule has 3 aliphatic rings. The van der Waals surface area contributed by atoms with Crippen LogP contribution in [0.4, 0.5) is 16.2 Å². The average Bonchev–Trinajstić information content (AvgIpc) is 4.01. The van der Waals surface area contributed by atoms with E-state index >= 15 is 4.79 Å². The number of aliphatic hydroxyl groups is 4. The maximum atomic E-state index is 15.2. The molecule has 4 amide bonds. The molecule has 6 unspecified atom stereocenters. The van der Waals surface area contributed by atoms with Crippen molar-refractivity contribution >= 4 is 57.7 Å². The molecule has 3 aromatic carbocycles. The first-order chi connectivity index (χ1) is 37.6. The zero-order chi connectivity index (χ0) is 57.4. The van der Waals surface area contributed by atoms with Crippen LogP contribution in [0, 0.1) is 0 Å². The number of amides is 4. The number of methoxy groups -OCH3 is 1. The van der Waals surface area contributed by atoms with Crippen molar-refractivity contribution in [2.45, 2.75) is 109 Å². The summed E-state index contributed by atoms with van der Waals surface area (Å²) in [5.41, 5.74) is 2.51. The van der Waals surface area contributed by atoms with Crippen molar-refractivity contribution in [3.05, 3.63) is 89.5 Å². The fraction of sp³-hybridized carbons (Fsp3) is 0.536. The summed E-state index contributed by atoms with van der Waals surface area (Å²) in [5.74, 6) is -2.30. The normalized spacial score (nSPS) is 23.6. The minimum atomic E-state index is -1.72. The highest BCUT2D eigenvalue weighted by atomic mass is 16.7. The highest BCUT2D eigenvalue weighted by molar-refractivity contribution is 6.23. The molecular weight excluding hydrogens is 1020 g/mol. The molecule has 3 saturated heterocycles. The summed E-state index contributed by atoms with van der Waals surface area (Å²) in [6.45, 7) is 12.0. The third-order valence-electron chi connectivity index (χ3n) is 14.5. The van der Waals surface area contributed by atoms with Crippen molar-refractivity contribution < 1.29 is 73.2 Å². The van der Waals surface area contributed by atoms with Gasteiger partial charge in [-0.2, -0.15) is 0 Å². The summed E-state index contributed by atoms with van der Waals surface area (Å²) in [6, 6.07) is 17.8. The number of hydrogen-bond donors (Lipinski definition) is 6. The Labute approximate surface area is 459 Å². The number of piperazine rings is 2. The molecule has 0 bridgehead atoms. The fourth-order valence-electron chi connectivity index (χ4n) is 9.98. The SMILES string of the molecule is COC(=O)c1ccc2c(C(=Nc3ccc(N(C)C(=O)CN4CCN(C)CC4)cc3)c3ccccc3)c(O)n(C(=O)N3C[C@H](C)N(C(=O)C4OC(OC[C@@H](COC(CO)[C@H](C)O)NC(C)=O)C(O)C(O)C4OC(C)C)C[C@@H]3C)c2c1. The van der Waals surface area contributed by atoms with E-state index in [-0.39, 0.29) is 55.4 Å². The fourth-order valence-corrected chi connectivity index (χ4v) is 9.98. The van der Waals surface area contributed by atoms with Crippen LogP contribution >= 0.6 is 0 Å². The van der Waals surface area contributed by atoms with Gasteiger partial charge in [-0.25, -0.2) is 19.1 Å². The first-order valence-electron chi connectivity index (χ1n) is 26.6. The number of aliphatic imine (C=N–C) groups is 1. The van der Waals surface area contributed by atoms with Gasteiger partial charge in [0.2, 0.25) is 17.7 Å². The van der Waals surface area contributed by atoms with Crippen molar-refractivity contribution in [2.24, 2.45) is 4.99 Å². The van der Waals surface area contributed by atoms with E-state index in [4.69, 9.17) is 28.7 Å². The quantitative estimate of drug-likeness (QED) is 0.0578. The molecule has 10 atom stereocenters. The standard InChI is InChI=1S/C56H76N8O15/c1-32(2)78-50-48(69)49(70)55(77-31-40(57-36(6)67)30-76-44(29-65)35(5)66)79-51(50)53(72)62-26-34(4)63(27-33(62)3)56(74)64-43-25-38(54(73)75-9)15-20-42(43)46(52(64)71)47(37-13-11-10-12-14-37)58-39-16-18-41(19-17-39)60(8)45(68)28-61-23-21-59(7)22-24-61/h10-20,25,32-35,40,44,48-51,55,65-66,69-71H,21-24,26-31H2,1-9H3,(H,57,67)/t33-,34-,35-,40+,44?,48?,49?,50?,51?,55?/m0/s1. The van der Waals surface area contributed by atoms with Crippen molar-refractivity contribution in [3.8, 4) is 5.88 Å². The van der Waals surface area contributed by atoms with Crippen LogP contribution in [0.15, 0.2) is 77.8 Å². The van der Waals surface area contributed by atoms with Gasteiger partial charge >= 0.3 is 12.0 Å². The van der Waals surface area contributed by atoms with E-state index in [1.807, 2.05) is 30.3 Å². The number of anilines is 1. The van der Waals surface area contributed by atoms with Crippen LogP contribution in [0.1, 0.15) is 63.0 Å². The van der Waals surface area contributed by atoms with E-state index in [1.54, 1.807) is 70.0 Å². The zero-order valence-corrected chi connectivity index (χ0v) is 46.3. The third kappa shape index (κ3) is 14.2. The van der Waals surface area contributed by atoms with Gasteiger partial charge in [0.05, 0.1) is 79.8 Å². The number of nitrogens with zero attached hydrogens (tertiary/aromatic N) is 7. The number of ether oxygens (including phenoxy) is 5. The second-order valence-electron chi connectivity index (χ2n) is 20.8. The molecule has 3 fully saturated rings. The lowest BCUT2D eigenvalue weighted by atomic mass is 9.96. The Balaban J connectivity index is 1.17. The van der Waals surface area contributed by atoms with Gasteiger partial charge in [0.15, 0.2) is 12.4 Å². The van der Waals surface area contributed by atoms with Gasteiger partial charge in [0.1, 0.15) is 24.4 Å². The molecule has 23 nitrogen and oxygen atoms in total. The molecule has 79 heavy (non-hydrogen) atoms. The third-order valence-corrected chi connectivity index (χ3v) is 14.5. The van der Waals surface area contributed by atoms with Gasteiger partial charge in [-0.15, -0.1) is 0 Å². The Bertz CT molecular complexity index is 2790. The van der Waals surface area contributed by atoms with Gasteiger partial charge < -0.3 is 74.1 Å². The number of benzene rings is 3. The minimum Gasteiger partial charge on any atom is -0.494 e. The lowest BCUT2D eigenvalue weighted by molar-refractivity contribution is -0.304. The average molecular weight is 1100 g/mol. The van der Waals surface area contributed by atoms with Gasteiger partial charge in [-0.3, -0.25) is 19.3 Å². The number of fused-ring (bicyclic) bond motifs is 1. The van der Waals surface area contributed by atoms with Crippen LogP contribution in [0.2, 0.25) is 0 Å². The minimum absolute atomic E-state index is 0.0534. The molecule has 0 radical (unpaired) electrons. The van der Waals surface area contributed by atoms with Crippen LogP contribution in [-0.2, 0) is 38.1 Å². The van der Waals surface area contributed by atoms with Gasteiger partial charge in [-0.05, 0) is 78.1 Å². The number of aliphatic hydroxyl groups excluding tert-OH is 4. The molecule has 23 heteroatoms. The number of nitrogens with one attached hydrogen (secondary N) is 1. The number of rotatable bonds is 19. The predicted molar refractivity (Wildman–Crippen MR) is 291 cm³/mol. The molecule has 0 saturated carbocycles. The maximum absolute atomic E-state index is 15.2. The number of hydrogen-bond acceptors (Lipinski definition) is 18. The predicted octanol–water partition coefficient (Wildman–Crippen LogP) is 1.92. The molecular formula is C56H76N8O15. The maximum Gasteiger partial charge on any atom is 0.337 e. The summed E-state index contributed by atoms with van der Waals surface area (Å²) in [4.78, 5) is 82.6. The van der Waals surface area contributed by atoms with Crippen LogP contribution < -0.4 is 10.2 Å². The Kier molecular flexibility index (Phi) is 20.4. The van der Waals surface area contributed by atoms with E-state index in [2.05, 4.69) is 22.2 Å². The molecule has 1 aromatic heterocycles. The monoisotopic (exact) mass is 1100 g/mol. The number of aromatic hydroxyl groups is 1. The Hall–Kier alpha value is -6.38. The summed E-state index contributed by atoms with van der Waals surface area (Å²) in [7, 11) is 5.03. The highest BCUT2D eigenvalue weighted by Gasteiger charge is 2.52. The summed E-state index contributed by atoms with van der Waals surface area (Å²) >= 11 is 0. The summed E-state index contributed by atoms with van der Waals surface area (Å²) in [6.07, 6.45) is -10.5. The van der Waals surface area contributed by atoms with Crippen molar-refractivity contribution in [3.63, 3.8) is 0 Å². The van der Waals surface area contributed by atoms with Crippen molar-refractivity contribution in [1.82, 2.24) is 29.5 Å². The lowest BCUT2D eigenvalue weighted by Gasteiger charge is -2.48. The highest BCUT2D eigenvalue weighted by Crippen LogP contribution is 2.37. The smallest absolute Gasteiger partial charge is 0.337 e. The van der Waals surface area contributed by atoms with Gasteiger partial charge in [0.25, 0.3) is 5.91 Å². The van der Waals surface area contributed by atoms with Crippen LogP contribution in [-0.4, -0.2) is 239 Å². The largest absolute Gasteiger partial charge is 0.494 e. The first kappa shape index (κ1) is 60.3. The van der Waals surface area contributed by atoms with E-state index < -0.39 is 103 Å². The molecule has 7 rings (SSSR count). The second-order valence-corrected chi connectivity index (χ2v) is 20.8. The molecule has 4 heterocycles. The Morgan fingerprint density at radius 2 is 1.53 bits per heavy atom. The van der Waals surface area contributed by atoms with Gasteiger partial charge in [0, 0.05) is 82.0 Å². The Morgan fingerprint density at radius 1 is 0.873 bits per heavy atom. The van der Waals surface area contributed by atoms with Crippen LogP contribution in [0.25, 0.3) is 10.9 Å². The van der Waals surface area contributed by atoms with Crippen molar-refractivity contribution in [1.29, 1.82) is 0 Å². The van der Waals surface area contributed by atoms with E-state index in [0.717, 1.165) is 30.7 Å². The molecule has 0 spiro atoms. The number of carbonyl (C=O) groups is 5. The van der Waals surface area contributed by atoms with Crippen LogP contribution in [0.5, 0.6) is 5.88 Å². The molecule has 6 N–H and O–H groups in total. The molecule has 4 aromatic rings. The first-order valence-corrected chi connectivity index (χ1v) is 26.6. The number of carbonyl (C=O) groups excluding carboxylic acids is 5. The van der Waals surface area contributed by atoms with E-state index in [0.29, 0.717) is 28.0 Å². The number of esters is 1. The topological polar surface area (TPSA) is 278 Å². The van der Waals surface area contributed by atoms with E-state index in [9.17, 15) is 44.7 Å². The van der Waals surface area contributed by atoms with Gasteiger partial charge in [-0.1, -0.05) is 36.4 Å². The number of likely N-dealkylation sites (N-methyl/N-ethyl adjacent to an activating group) is 2. The lowest BCUT2D eigenvalue weighted by Crippen LogP contribution is -2.67. The van der Waals surface area contributed by atoms with Crippen LogP contribution in [0.3, 0.4) is 0 Å². The zero-order valence-electron chi connectivity index (χ0n) is 46.3. The summed E-state index contributed by atoms with van der Waals surface area (Å²) < 4.78 is 29.9. The summed E-state index contributed by atoms with van der Waals surface area (Å²) in [5, 5.41) is 58.0. The van der Waals surface area contributed by atoms with E-state index in [1.165, 1.54) is 42.9 Å². The Morgan fingerprint density at radius 3 is 2.15 bits per heavy atom. The molecule has 0 aliphatic carbocycles. The second kappa shape index (κ2) is 26.7. The van der Waals surface area contributed by atoms with Crippen molar-refractivity contribution in [2.75, 3.05) is 91.7 Å². The molecule has 3 aliphatic heterocycles. The number of aromatic nitrogens is 1.